The Morgan fingerprint density at radius 2 is 1.25 bits per heavy atom. The van der Waals surface area contributed by atoms with Crippen molar-refractivity contribution in [2.75, 3.05) is 0 Å². The van der Waals surface area contributed by atoms with Gasteiger partial charge in [-0.15, -0.1) is 0 Å². The maximum atomic E-state index is 14.0. The minimum Gasteiger partial charge on any atom is -0.339 e. The fourth-order valence-electron chi connectivity index (χ4n) is 2.79. The first-order valence-electron chi connectivity index (χ1n) is 7.79. The summed E-state index contributed by atoms with van der Waals surface area (Å²) in [5.74, 6) is -0.971. The predicted octanol–water partition coefficient (Wildman–Crippen LogP) is 4.52. The average molecular weight is 319 g/mol. The van der Waals surface area contributed by atoms with E-state index < -0.39 is 17.3 Å². The van der Waals surface area contributed by atoms with Crippen LogP contribution in [0.4, 0.5) is 4.39 Å². The van der Waals surface area contributed by atoms with Gasteiger partial charge in [-0.2, -0.15) is 0 Å². The second-order valence-electron chi connectivity index (χ2n) is 5.79. The first kappa shape index (κ1) is 15.9. The molecule has 120 valence electrons. The number of hydrogen-bond donors (Lipinski definition) is 1. The Balaban J connectivity index is 2.04. The van der Waals surface area contributed by atoms with Gasteiger partial charge in [0.15, 0.2) is 0 Å². The van der Waals surface area contributed by atoms with Crippen LogP contribution in [0.5, 0.6) is 0 Å². The smallest absolute Gasteiger partial charge is 0.255 e. The fourth-order valence-corrected chi connectivity index (χ4v) is 2.79. The van der Waals surface area contributed by atoms with Crippen molar-refractivity contribution >= 4 is 5.91 Å². The molecular formula is C21H18FNO. The molecule has 3 aromatic carbocycles. The zero-order valence-corrected chi connectivity index (χ0v) is 13.4. The molecule has 0 fully saturated rings. The lowest BCUT2D eigenvalue weighted by molar-refractivity contribution is 0.0915. The summed E-state index contributed by atoms with van der Waals surface area (Å²) < 4.78 is 14.0. The van der Waals surface area contributed by atoms with Crippen LogP contribution in [0.2, 0.25) is 0 Å². The lowest BCUT2D eigenvalue weighted by Gasteiger charge is -2.32. The number of halogens is 1. The normalized spacial score (nSPS) is 11.1. The summed E-state index contributed by atoms with van der Waals surface area (Å²) in [6, 6.07) is 25.3. The molecule has 0 saturated carbocycles. The number of nitrogens with one attached hydrogen (secondary N) is 1. The number of hydrogen-bond acceptors (Lipinski definition) is 1. The highest BCUT2D eigenvalue weighted by molar-refractivity contribution is 5.95. The summed E-state index contributed by atoms with van der Waals surface area (Å²) in [7, 11) is 0. The van der Waals surface area contributed by atoms with Crippen LogP contribution in [0.25, 0.3) is 0 Å². The Morgan fingerprint density at radius 1 is 0.792 bits per heavy atom. The van der Waals surface area contributed by atoms with Gasteiger partial charge in [0.25, 0.3) is 5.91 Å². The van der Waals surface area contributed by atoms with E-state index in [-0.39, 0.29) is 5.56 Å². The molecule has 0 aromatic heterocycles. The largest absolute Gasteiger partial charge is 0.339 e. The van der Waals surface area contributed by atoms with Crippen molar-refractivity contribution in [2.24, 2.45) is 0 Å². The molecule has 0 radical (unpaired) electrons. The molecule has 0 spiro atoms. The molecule has 2 nitrogen and oxygen atoms in total. The van der Waals surface area contributed by atoms with Crippen molar-refractivity contribution in [3.8, 4) is 0 Å². The van der Waals surface area contributed by atoms with Gasteiger partial charge < -0.3 is 5.32 Å². The summed E-state index contributed by atoms with van der Waals surface area (Å²) in [5.41, 5.74) is 1.14. The Kier molecular flexibility index (Phi) is 4.43. The summed E-state index contributed by atoms with van der Waals surface area (Å²) in [5, 5.41) is 3.00. The lowest BCUT2D eigenvalue weighted by Crippen LogP contribution is -2.44. The number of rotatable bonds is 4. The van der Waals surface area contributed by atoms with Gasteiger partial charge in [0.05, 0.1) is 11.1 Å². The van der Waals surface area contributed by atoms with Gasteiger partial charge in [0, 0.05) is 0 Å². The topological polar surface area (TPSA) is 29.1 Å². The van der Waals surface area contributed by atoms with Crippen LogP contribution in [0.3, 0.4) is 0 Å². The third-order valence-electron chi connectivity index (χ3n) is 4.18. The minimum absolute atomic E-state index is 0.0376. The van der Waals surface area contributed by atoms with Gasteiger partial charge in [0.1, 0.15) is 5.82 Å². The molecule has 0 saturated heterocycles. The maximum absolute atomic E-state index is 14.0. The molecule has 0 atom stereocenters. The monoisotopic (exact) mass is 319 g/mol. The van der Waals surface area contributed by atoms with Crippen molar-refractivity contribution in [1.29, 1.82) is 0 Å². The van der Waals surface area contributed by atoms with E-state index in [9.17, 15) is 9.18 Å². The van der Waals surface area contributed by atoms with E-state index in [0.717, 1.165) is 11.1 Å². The quantitative estimate of drug-likeness (QED) is 0.752. The third kappa shape index (κ3) is 3.06. The van der Waals surface area contributed by atoms with Crippen molar-refractivity contribution < 1.29 is 9.18 Å². The SMILES string of the molecule is CC(NC(=O)c1ccccc1F)(c1ccccc1)c1ccccc1. The molecule has 0 aliphatic rings. The number of amides is 1. The fraction of sp³-hybridized carbons (Fsp3) is 0.0952. The molecule has 0 aliphatic carbocycles. The van der Waals surface area contributed by atoms with E-state index >= 15 is 0 Å². The zero-order valence-electron chi connectivity index (χ0n) is 13.4. The highest BCUT2D eigenvalue weighted by atomic mass is 19.1. The number of carbonyl (C=O) groups is 1. The Hall–Kier alpha value is -2.94. The first-order chi connectivity index (χ1) is 11.6. The number of carbonyl (C=O) groups excluding carboxylic acids is 1. The second kappa shape index (κ2) is 6.67. The standard InChI is InChI=1S/C21H18FNO/c1-21(16-10-4-2-5-11-16,17-12-6-3-7-13-17)23-20(24)18-14-8-9-15-19(18)22/h2-15H,1H3,(H,23,24). The van der Waals surface area contributed by atoms with Crippen LogP contribution >= 0.6 is 0 Å². The maximum Gasteiger partial charge on any atom is 0.255 e. The van der Waals surface area contributed by atoms with Crippen molar-refractivity contribution in [3.63, 3.8) is 0 Å². The number of benzene rings is 3. The summed E-state index contributed by atoms with van der Waals surface area (Å²) in [4.78, 5) is 12.7. The highest BCUT2D eigenvalue weighted by Gasteiger charge is 2.31. The van der Waals surface area contributed by atoms with E-state index in [1.807, 2.05) is 67.6 Å². The van der Waals surface area contributed by atoms with E-state index in [1.165, 1.54) is 12.1 Å². The molecule has 0 aliphatic heterocycles. The van der Waals surface area contributed by atoms with Crippen LogP contribution in [0, 0.1) is 5.82 Å². The van der Waals surface area contributed by atoms with E-state index in [4.69, 9.17) is 0 Å². The van der Waals surface area contributed by atoms with Gasteiger partial charge in [-0.25, -0.2) is 4.39 Å². The Morgan fingerprint density at radius 3 is 1.75 bits per heavy atom. The van der Waals surface area contributed by atoms with Crippen LogP contribution in [-0.2, 0) is 5.54 Å². The van der Waals surface area contributed by atoms with E-state index in [2.05, 4.69) is 5.32 Å². The van der Waals surface area contributed by atoms with Gasteiger partial charge >= 0.3 is 0 Å². The Labute approximate surface area is 141 Å². The summed E-state index contributed by atoms with van der Waals surface area (Å²) in [6.07, 6.45) is 0. The molecule has 0 bridgehead atoms. The van der Waals surface area contributed by atoms with Crippen LogP contribution < -0.4 is 5.32 Å². The second-order valence-corrected chi connectivity index (χ2v) is 5.79. The van der Waals surface area contributed by atoms with Gasteiger partial charge in [-0.3, -0.25) is 4.79 Å². The molecule has 3 rings (SSSR count). The van der Waals surface area contributed by atoms with Crippen LogP contribution in [0.15, 0.2) is 84.9 Å². The zero-order chi connectivity index (χ0) is 17.0. The molecule has 0 heterocycles. The van der Waals surface area contributed by atoms with E-state index in [1.54, 1.807) is 12.1 Å². The van der Waals surface area contributed by atoms with Crippen LogP contribution in [-0.4, -0.2) is 5.91 Å². The summed E-state index contributed by atoms with van der Waals surface area (Å²) in [6.45, 7) is 1.93. The first-order valence-corrected chi connectivity index (χ1v) is 7.79. The molecule has 1 amide bonds. The molecule has 3 heteroatoms. The van der Waals surface area contributed by atoms with Crippen molar-refractivity contribution in [1.82, 2.24) is 5.32 Å². The Bertz CT molecular complexity index is 791. The van der Waals surface area contributed by atoms with E-state index in [0.29, 0.717) is 0 Å². The van der Waals surface area contributed by atoms with Gasteiger partial charge in [-0.1, -0.05) is 72.8 Å². The highest BCUT2D eigenvalue weighted by Crippen LogP contribution is 2.29. The van der Waals surface area contributed by atoms with Crippen LogP contribution in [0.1, 0.15) is 28.4 Å². The van der Waals surface area contributed by atoms with Gasteiger partial charge in [0.2, 0.25) is 0 Å². The molecule has 3 aromatic rings. The molecule has 1 N–H and O–H groups in total. The third-order valence-corrected chi connectivity index (χ3v) is 4.18. The molecule has 0 unspecified atom stereocenters. The molecular weight excluding hydrogens is 301 g/mol. The van der Waals surface area contributed by atoms with Crippen molar-refractivity contribution in [3.05, 3.63) is 107 Å². The van der Waals surface area contributed by atoms with Crippen molar-refractivity contribution in [2.45, 2.75) is 12.5 Å². The average Bonchev–Trinajstić information content (AvgIpc) is 2.63. The lowest BCUT2D eigenvalue weighted by atomic mass is 9.84. The summed E-state index contributed by atoms with van der Waals surface area (Å²) >= 11 is 0. The predicted molar refractivity (Wildman–Crippen MR) is 93.2 cm³/mol. The molecule has 24 heavy (non-hydrogen) atoms. The van der Waals surface area contributed by atoms with Gasteiger partial charge in [-0.05, 0) is 30.2 Å². The minimum atomic E-state index is -0.762.